The fourth-order valence-electron chi connectivity index (χ4n) is 3.75. The third kappa shape index (κ3) is 7.86. The highest BCUT2D eigenvalue weighted by Crippen LogP contribution is 2.59. The Kier molecular flexibility index (Phi) is 9.85. The number of nitrogens with zero attached hydrogens (tertiary/aromatic N) is 6. The van der Waals surface area contributed by atoms with Crippen molar-refractivity contribution >= 4 is 41.9 Å². The summed E-state index contributed by atoms with van der Waals surface area (Å²) in [5, 5.41) is 70.4. The van der Waals surface area contributed by atoms with Crippen LogP contribution in [0.2, 0.25) is 0 Å². The monoisotopic (exact) mass is 746 g/mol. The average molecular weight is 746 g/mol. The van der Waals surface area contributed by atoms with E-state index in [0.29, 0.717) is 12.1 Å². The molecular weight excluding hydrogens is 737 g/mol. The molecule has 0 aliphatic rings. The molecule has 29 heteroatoms. The number of benzene rings is 3. The van der Waals surface area contributed by atoms with Gasteiger partial charge in [-0.25, -0.2) is 0 Å². The van der Waals surface area contributed by atoms with Crippen LogP contribution in [0, 0.1) is 67.6 Å². The number of phosphoric acid groups is 1. The van der Waals surface area contributed by atoms with Crippen LogP contribution in [0.4, 0.5) is 60.5 Å². The predicted molar refractivity (Wildman–Crippen MR) is 143 cm³/mol. The Balaban J connectivity index is 2.54. The lowest BCUT2D eigenvalue weighted by Gasteiger charge is -2.20. The summed E-state index contributed by atoms with van der Waals surface area (Å²) in [6.45, 7) is 1.01. The molecule has 0 radical (unpaired) electrons. The van der Waals surface area contributed by atoms with Crippen LogP contribution in [-0.4, -0.2) is 29.5 Å². The molecule has 0 unspecified atom stereocenters. The van der Waals surface area contributed by atoms with Gasteiger partial charge in [0.05, 0.1) is 40.7 Å². The number of aryl methyl sites for hydroxylation is 1. The van der Waals surface area contributed by atoms with Gasteiger partial charge in [0, 0.05) is 36.4 Å². The molecule has 3 aromatic rings. The van der Waals surface area contributed by atoms with E-state index in [1.165, 1.54) is 0 Å². The smallest absolute Gasteiger partial charge is 0.371 e. The molecule has 0 bridgehead atoms. The summed E-state index contributed by atoms with van der Waals surface area (Å²) >= 11 is 0. The van der Waals surface area contributed by atoms with Gasteiger partial charge < -0.3 is 13.6 Å². The summed E-state index contributed by atoms with van der Waals surface area (Å²) < 4.78 is 109. The molecule has 22 nitrogen and oxygen atoms in total. The van der Waals surface area contributed by atoms with Gasteiger partial charge in [0.15, 0.2) is 0 Å². The van der Waals surface area contributed by atoms with Crippen LogP contribution in [-0.2, 0) is 16.9 Å². The predicted octanol–water partition coefficient (Wildman–Crippen LogP) is 7.13. The van der Waals surface area contributed by atoms with E-state index >= 15 is 0 Å². The van der Waals surface area contributed by atoms with E-state index in [0.717, 1.165) is 6.92 Å². The molecule has 50 heavy (non-hydrogen) atoms. The van der Waals surface area contributed by atoms with Crippen molar-refractivity contribution in [3.63, 3.8) is 0 Å². The molecule has 266 valence electrons. The Labute approximate surface area is 266 Å². The number of hydrogen-bond donors (Lipinski definition) is 0. The maximum atomic E-state index is 14.2. The second-order valence-electron chi connectivity index (χ2n) is 9.08. The van der Waals surface area contributed by atoms with Crippen LogP contribution in [0.25, 0.3) is 0 Å². The summed E-state index contributed by atoms with van der Waals surface area (Å²) in [4.78, 5) is 60.1. The zero-order valence-electron chi connectivity index (χ0n) is 23.4. The number of phosphoric ester groups is 1. The Morgan fingerprint density at radius 3 is 0.860 bits per heavy atom. The van der Waals surface area contributed by atoms with Crippen LogP contribution in [0.5, 0.6) is 17.2 Å². The molecule has 0 saturated heterocycles. The molecule has 0 aromatic heterocycles. The molecule has 0 heterocycles. The molecule has 3 rings (SSSR count). The van der Waals surface area contributed by atoms with E-state index in [4.69, 9.17) is 0 Å². The lowest BCUT2D eigenvalue weighted by Crippen LogP contribution is -2.15. The van der Waals surface area contributed by atoms with Crippen molar-refractivity contribution in [2.24, 2.45) is 0 Å². The number of nitro benzene ring substituents is 6. The second kappa shape index (κ2) is 13.1. The molecule has 3 aromatic carbocycles. The molecule has 0 saturated carbocycles. The average Bonchev–Trinajstić information content (AvgIpc) is 2.95. The lowest BCUT2D eigenvalue weighted by atomic mass is 10.1. The lowest BCUT2D eigenvalue weighted by molar-refractivity contribution is -0.396. The van der Waals surface area contributed by atoms with E-state index in [1.807, 2.05) is 0 Å². The van der Waals surface area contributed by atoms with Gasteiger partial charge in [-0.05, 0) is 12.5 Å². The number of rotatable bonds is 12. The Morgan fingerprint density at radius 1 is 0.480 bits per heavy atom. The first-order chi connectivity index (χ1) is 22.8. The van der Waals surface area contributed by atoms with Gasteiger partial charge in [-0.2, -0.15) is 30.9 Å². The summed E-state index contributed by atoms with van der Waals surface area (Å²) in [7, 11) is -6.80. The molecule has 0 aliphatic carbocycles. The van der Waals surface area contributed by atoms with Crippen LogP contribution < -0.4 is 13.6 Å². The molecule has 0 fully saturated rings. The van der Waals surface area contributed by atoms with Gasteiger partial charge >= 0.3 is 54.3 Å². The fourth-order valence-corrected chi connectivity index (χ4v) is 5.09. The zero-order chi connectivity index (χ0) is 38.3. The third-order valence-corrected chi connectivity index (χ3v) is 6.96. The van der Waals surface area contributed by atoms with Crippen molar-refractivity contribution in [3.05, 3.63) is 114 Å². The minimum atomic E-state index is -6.80. The Hall–Kier alpha value is -6.73. The number of nitro groups is 6. The molecular formula is C21H9F6N6O16P. The third-order valence-electron chi connectivity index (χ3n) is 5.74. The van der Waals surface area contributed by atoms with E-state index in [-0.39, 0.29) is 5.56 Å². The van der Waals surface area contributed by atoms with Gasteiger partial charge in [0.1, 0.15) is 0 Å². The maximum absolute atomic E-state index is 14.2. The van der Waals surface area contributed by atoms with Crippen LogP contribution >= 0.6 is 7.82 Å². The van der Waals surface area contributed by atoms with E-state index < -0.39 is 136 Å². The van der Waals surface area contributed by atoms with E-state index in [1.54, 1.807) is 0 Å². The molecule has 0 amide bonds. The van der Waals surface area contributed by atoms with Crippen LogP contribution in [0.15, 0.2) is 36.4 Å². The SMILES string of the molecule is Cc1cc([N+](=O)[O-])c(OP(=O)(Oc2c([N+](=O)[O-])cc(C(F)(F)F)cc2[N+](=O)[O-])Oc2c([N+](=O)[O-])cc(C(F)(F)F)cc2[N+](=O)[O-])c([N+](=O)[O-])c1. The number of hydrogen-bond acceptors (Lipinski definition) is 16. The Morgan fingerprint density at radius 2 is 0.680 bits per heavy atom. The van der Waals surface area contributed by atoms with Crippen molar-refractivity contribution in [3.8, 4) is 17.2 Å². The van der Waals surface area contributed by atoms with Crippen molar-refractivity contribution in [1.82, 2.24) is 0 Å². The first-order valence-electron chi connectivity index (χ1n) is 12.0. The molecule has 0 atom stereocenters. The number of alkyl halides is 6. The summed E-state index contributed by atoms with van der Waals surface area (Å²) in [5.74, 6) is -6.17. The van der Waals surface area contributed by atoms with E-state index in [9.17, 15) is 91.6 Å². The highest BCUT2D eigenvalue weighted by Gasteiger charge is 2.49. The van der Waals surface area contributed by atoms with Gasteiger partial charge in [-0.3, -0.25) is 60.7 Å². The zero-order valence-corrected chi connectivity index (χ0v) is 24.3. The van der Waals surface area contributed by atoms with Crippen LogP contribution in [0.3, 0.4) is 0 Å². The quantitative estimate of drug-likeness (QED) is 0.0770. The highest BCUT2D eigenvalue weighted by molar-refractivity contribution is 7.49. The van der Waals surface area contributed by atoms with Crippen molar-refractivity contribution < 1.29 is 74.0 Å². The van der Waals surface area contributed by atoms with Crippen LogP contribution in [0.1, 0.15) is 16.7 Å². The summed E-state index contributed by atoms with van der Waals surface area (Å²) in [6, 6.07) is -0.949. The maximum Gasteiger partial charge on any atom is 0.648 e. The number of halogens is 6. The largest absolute Gasteiger partial charge is 0.648 e. The van der Waals surface area contributed by atoms with Gasteiger partial charge in [-0.1, -0.05) is 0 Å². The fraction of sp³-hybridized carbons (Fsp3) is 0.143. The standard InChI is InChI=1S/C21H9F6N6O16P/c1-8-2-11(28(34)35)17(12(3-8)29(36)37)47-50(46,48-18-13(30(38)39)4-9(20(22,23)24)5-14(18)31(40)41)49-19-15(32(42)43)6-10(21(25,26)27)7-16(19)33(44)45/h2-7H,1H3. The minimum Gasteiger partial charge on any atom is -0.371 e. The molecule has 0 aliphatic heterocycles. The van der Waals surface area contributed by atoms with Gasteiger partial charge in [0.25, 0.3) is 17.2 Å². The van der Waals surface area contributed by atoms with E-state index in [2.05, 4.69) is 13.6 Å². The molecule has 0 spiro atoms. The first kappa shape index (κ1) is 37.7. The van der Waals surface area contributed by atoms with Crippen molar-refractivity contribution in [2.75, 3.05) is 0 Å². The minimum absolute atomic E-state index is 0.310. The topological polar surface area (TPSA) is 304 Å². The second-order valence-corrected chi connectivity index (χ2v) is 10.5. The molecule has 0 N–H and O–H groups in total. The van der Waals surface area contributed by atoms with Crippen molar-refractivity contribution in [1.29, 1.82) is 0 Å². The Bertz CT molecular complexity index is 1850. The first-order valence-corrected chi connectivity index (χ1v) is 13.4. The highest BCUT2D eigenvalue weighted by atomic mass is 31.2. The summed E-state index contributed by atoms with van der Waals surface area (Å²) in [5.41, 5.74) is -16.2. The van der Waals surface area contributed by atoms with Crippen molar-refractivity contribution in [2.45, 2.75) is 19.3 Å². The summed E-state index contributed by atoms with van der Waals surface area (Å²) in [6.07, 6.45) is -11.1. The van der Waals surface area contributed by atoms with Gasteiger partial charge in [-0.15, -0.1) is 0 Å². The van der Waals surface area contributed by atoms with Gasteiger partial charge in [0.2, 0.25) is 0 Å². The normalized spacial score (nSPS) is 11.7.